The molecule has 0 saturated carbocycles. The first-order valence-corrected chi connectivity index (χ1v) is 7.61. The fourth-order valence-electron chi connectivity index (χ4n) is 2.30. The normalized spacial score (nSPS) is 13.7. The van der Waals surface area contributed by atoms with Crippen LogP contribution in [0.25, 0.3) is 0 Å². The van der Waals surface area contributed by atoms with E-state index in [0.29, 0.717) is 0 Å². The quantitative estimate of drug-likeness (QED) is 0.657. The van der Waals surface area contributed by atoms with Crippen LogP contribution in [-0.2, 0) is 22.2 Å². The van der Waals surface area contributed by atoms with E-state index in [4.69, 9.17) is 10.5 Å². The van der Waals surface area contributed by atoms with Gasteiger partial charge in [-0.1, -0.05) is 0 Å². The van der Waals surface area contributed by atoms with Crippen molar-refractivity contribution in [2.45, 2.75) is 18.2 Å². The van der Waals surface area contributed by atoms with Crippen molar-refractivity contribution >= 4 is 17.5 Å². The molecule has 1 aromatic heterocycles. The molecular weight excluding hydrogens is 369 g/mol. The van der Waals surface area contributed by atoms with Crippen LogP contribution in [0.1, 0.15) is 12.2 Å². The summed E-state index contributed by atoms with van der Waals surface area (Å²) in [7, 11) is 1.28. The Morgan fingerprint density at radius 3 is 2.41 bits per heavy atom. The zero-order valence-electron chi connectivity index (χ0n) is 14.2. The number of benzene rings is 1. The number of aryl methyl sites for hydroxylation is 1. The highest BCUT2D eigenvalue weighted by atomic mass is 19.4. The molecule has 0 radical (unpaired) electrons. The number of aliphatic hydroxyl groups is 1. The van der Waals surface area contributed by atoms with Gasteiger partial charge in [0, 0.05) is 25.1 Å². The molecule has 146 valence electrons. The van der Waals surface area contributed by atoms with E-state index in [2.05, 4.69) is 10.3 Å². The smallest absolute Gasteiger partial charge is 0.425 e. The van der Waals surface area contributed by atoms with Gasteiger partial charge in [0.2, 0.25) is 11.5 Å². The van der Waals surface area contributed by atoms with Crippen molar-refractivity contribution in [3.8, 4) is 5.75 Å². The predicted molar refractivity (Wildman–Crippen MR) is 87.5 cm³/mol. The van der Waals surface area contributed by atoms with Crippen molar-refractivity contribution in [1.29, 1.82) is 0 Å². The van der Waals surface area contributed by atoms with E-state index in [1.165, 1.54) is 37.5 Å². The number of halogens is 3. The highest BCUT2D eigenvalue weighted by Gasteiger charge is 2.58. The molecule has 0 aliphatic rings. The predicted octanol–water partition coefficient (Wildman–Crippen LogP) is 1.06. The topological polar surface area (TPSA) is 119 Å². The minimum atomic E-state index is -5.12. The maximum atomic E-state index is 13.4. The van der Waals surface area contributed by atoms with Gasteiger partial charge in [-0.3, -0.25) is 9.59 Å². The van der Waals surface area contributed by atoms with Crippen LogP contribution in [0.3, 0.4) is 0 Å². The molecule has 0 saturated heterocycles. The molecule has 8 nitrogen and oxygen atoms in total. The highest BCUT2D eigenvalue weighted by Crippen LogP contribution is 2.40. The summed E-state index contributed by atoms with van der Waals surface area (Å²) in [5.74, 6) is -2.15. The molecular formula is C16H17F3N4O4. The summed E-state index contributed by atoms with van der Waals surface area (Å²) in [6.45, 7) is -0.339. The van der Waals surface area contributed by atoms with E-state index >= 15 is 0 Å². The molecule has 2 aromatic rings. The van der Waals surface area contributed by atoms with Crippen molar-refractivity contribution < 1.29 is 32.6 Å². The van der Waals surface area contributed by atoms with Gasteiger partial charge in [0.25, 0.3) is 5.91 Å². The number of amides is 2. The molecule has 1 unspecified atom stereocenters. The Kier molecular flexibility index (Phi) is 5.74. The van der Waals surface area contributed by atoms with Gasteiger partial charge in [0.1, 0.15) is 5.75 Å². The maximum Gasteiger partial charge on any atom is 0.425 e. The third kappa shape index (κ3) is 4.76. The summed E-state index contributed by atoms with van der Waals surface area (Å²) in [6.07, 6.45) is -4.07. The minimum absolute atomic E-state index is 0.177. The van der Waals surface area contributed by atoms with Crippen molar-refractivity contribution in [3.63, 3.8) is 0 Å². The summed E-state index contributed by atoms with van der Waals surface area (Å²) in [5.41, 5.74) is 1.67. The highest BCUT2D eigenvalue weighted by molar-refractivity contribution is 5.91. The number of nitrogens with one attached hydrogen (secondary N) is 1. The molecule has 11 heteroatoms. The Morgan fingerprint density at radius 1 is 1.30 bits per heavy atom. The van der Waals surface area contributed by atoms with Crippen molar-refractivity contribution in [1.82, 2.24) is 9.55 Å². The van der Waals surface area contributed by atoms with E-state index in [1.807, 2.05) is 0 Å². The Bertz CT molecular complexity index is 820. The van der Waals surface area contributed by atoms with E-state index in [9.17, 15) is 27.9 Å². The number of primary amides is 1. The van der Waals surface area contributed by atoms with Crippen LogP contribution >= 0.6 is 0 Å². The van der Waals surface area contributed by atoms with Crippen molar-refractivity contribution in [3.05, 3.63) is 42.5 Å². The number of aromatic nitrogens is 2. The Morgan fingerprint density at radius 2 is 1.93 bits per heavy atom. The van der Waals surface area contributed by atoms with Crippen LogP contribution in [0.4, 0.5) is 18.9 Å². The van der Waals surface area contributed by atoms with Gasteiger partial charge in [0.05, 0.1) is 6.42 Å². The summed E-state index contributed by atoms with van der Waals surface area (Å²) in [4.78, 5) is 26.2. The van der Waals surface area contributed by atoms with E-state index in [0.717, 1.165) is 10.8 Å². The first-order chi connectivity index (χ1) is 12.5. The number of ether oxygens (including phenoxy) is 1. The maximum absolute atomic E-state index is 13.4. The molecule has 1 heterocycles. The average molecular weight is 386 g/mol. The zero-order chi connectivity index (χ0) is 20.2. The molecule has 1 aromatic carbocycles. The Hall–Kier alpha value is -3.08. The molecule has 0 aliphatic heterocycles. The number of alkyl halides is 3. The lowest BCUT2D eigenvalue weighted by atomic mass is 9.97. The lowest BCUT2D eigenvalue weighted by Gasteiger charge is -2.29. The number of hydrogen-bond donors (Lipinski definition) is 3. The summed E-state index contributed by atoms with van der Waals surface area (Å²) < 4.78 is 46.3. The fourth-order valence-corrected chi connectivity index (χ4v) is 2.30. The standard InChI is InChI=1S/C16H17F3N4O4/c1-23-7-6-21-14(23)15(26,16(17,18)19)8-13(25)22-10-2-4-11(5-3-10)27-9-12(20)24/h2-7,26H,8-9H2,1H3,(H2,20,24)(H,22,25). The van der Waals surface area contributed by atoms with Crippen molar-refractivity contribution in [2.75, 3.05) is 11.9 Å². The monoisotopic (exact) mass is 386 g/mol. The van der Waals surface area contributed by atoms with Crippen LogP contribution < -0.4 is 15.8 Å². The van der Waals surface area contributed by atoms with E-state index < -0.39 is 35.8 Å². The van der Waals surface area contributed by atoms with Crippen LogP contribution in [-0.4, -0.2) is 39.3 Å². The molecule has 2 rings (SSSR count). The summed E-state index contributed by atoms with van der Waals surface area (Å²) >= 11 is 0. The largest absolute Gasteiger partial charge is 0.484 e. The molecule has 1 atom stereocenters. The number of rotatable bonds is 7. The van der Waals surface area contributed by atoms with Gasteiger partial charge in [-0.25, -0.2) is 4.98 Å². The number of anilines is 1. The molecule has 2 amide bonds. The second kappa shape index (κ2) is 7.66. The molecule has 4 N–H and O–H groups in total. The van der Waals surface area contributed by atoms with Gasteiger partial charge >= 0.3 is 6.18 Å². The number of imidazole rings is 1. The van der Waals surface area contributed by atoms with Gasteiger partial charge < -0.3 is 25.5 Å². The first-order valence-electron chi connectivity index (χ1n) is 7.61. The summed E-state index contributed by atoms with van der Waals surface area (Å²) in [6, 6.07) is 5.52. The number of carbonyl (C=O) groups excluding carboxylic acids is 2. The molecule has 0 fully saturated rings. The van der Waals surface area contributed by atoms with Crippen molar-refractivity contribution in [2.24, 2.45) is 12.8 Å². The number of nitrogens with zero attached hydrogens (tertiary/aromatic N) is 2. The molecule has 27 heavy (non-hydrogen) atoms. The third-order valence-electron chi connectivity index (χ3n) is 3.60. The molecule has 0 bridgehead atoms. The molecule has 0 aliphatic carbocycles. The molecule has 0 spiro atoms. The SMILES string of the molecule is Cn1ccnc1C(O)(CC(=O)Nc1ccc(OCC(N)=O)cc1)C(F)(F)F. The van der Waals surface area contributed by atoms with Gasteiger partial charge in [-0.15, -0.1) is 0 Å². The van der Waals surface area contributed by atoms with Crippen LogP contribution in [0.15, 0.2) is 36.7 Å². The second-order valence-electron chi connectivity index (χ2n) is 5.72. The van der Waals surface area contributed by atoms with Gasteiger partial charge in [0.15, 0.2) is 12.4 Å². The van der Waals surface area contributed by atoms with Crippen LogP contribution in [0, 0.1) is 0 Å². The summed E-state index contributed by atoms with van der Waals surface area (Å²) in [5, 5.41) is 12.4. The van der Waals surface area contributed by atoms with E-state index in [1.54, 1.807) is 0 Å². The van der Waals surface area contributed by atoms with Gasteiger partial charge in [-0.2, -0.15) is 13.2 Å². The Labute approximate surface area is 151 Å². The van der Waals surface area contributed by atoms with Crippen LogP contribution in [0.2, 0.25) is 0 Å². The minimum Gasteiger partial charge on any atom is -0.484 e. The first kappa shape index (κ1) is 20.2. The number of nitrogens with two attached hydrogens (primary N) is 1. The lowest BCUT2D eigenvalue weighted by molar-refractivity contribution is -0.270. The number of hydrogen-bond acceptors (Lipinski definition) is 5. The lowest BCUT2D eigenvalue weighted by Crippen LogP contribution is -2.46. The van der Waals surface area contributed by atoms with E-state index in [-0.39, 0.29) is 18.0 Å². The average Bonchev–Trinajstić information content (AvgIpc) is 2.99. The third-order valence-corrected chi connectivity index (χ3v) is 3.60. The second-order valence-corrected chi connectivity index (χ2v) is 5.72. The number of carbonyl (C=O) groups is 2. The Balaban J connectivity index is 2.10. The van der Waals surface area contributed by atoms with Gasteiger partial charge in [-0.05, 0) is 24.3 Å². The fraction of sp³-hybridized carbons (Fsp3) is 0.312. The van der Waals surface area contributed by atoms with Crippen LogP contribution in [0.5, 0.6) is 5.75 Å². The zero-order valence-corrected chi connectivity index (χ0v) is 14.2.